The van der Waals surface area contributed by atoms with Gasteiger partial charge < -0.3 is 10.4 Å². The summed E-state index contributed by atoms with van der Waals surface area (Å²) in [7, 11) is 0. The molecule has 0 aliphatic heterocycles. The van der Waals surface area contributed by atoms with Gasteiger partial charge in [0.2, 0.25) is 5.91 Å². The number of amides is 1. The van der Waals surface area contributed by atoms with Crippen molar-refractivity contribution in [3.05, 3.63) is 34.9 Å². The SMILES string of the molecule is CC1=C(CC/C(C)=C/C=C/C(C)=N/[C@@H](C)C(=O)N[C@@H](C)C(=O)O)C(C)(C)CCC1. The predicted molar refractivity (Wildman–Crippen MR) is 120 cm³/mol. The fourth-order valence-corrected chi connectivity index (χ4v) is 3.79. The zero-order valence-corrected chi connectivity index (χ0v) is 19.1. The number of allylic oxidation sites excluding steroid dienone is 6. The zero-order valence-electron chi connectivity index (χ0n) is 19.1. The summed E-state index contributed by atoms with van der Waals surface area (Å²) < 4.78 is 0. The van der Waals surface area contributed by atoms with Crippen LogP contribution in [0, 0.1) is 5.41 Å². The van der Waals surface area contributed by atoms with Crippen molar-refractivity contribution < 1.29 is 14.7 Å². The van der Waals surface area contributed by atoms with Gasteiger partial charge in [-0.2, -0.15) is 0 Å². The number of aliphatic carboxylic acids is 1. The van der Waals surface area contributed by atoms with Gasteiger partial charge in [0.25, 0.3) is 0 Å². The van der Waals surface area contributed by atoms with E-state index in [-0.39, 0.29) is 0 Å². The predicted octanol–water partition coefficient (Wildman–Crippen LogP) is 5.23. The number of rotatable bonds is 9. The van der Waals surface area contributed by atoms with E-state index in [0.29, 0.717) is 5.41 Å². The summed E-state index contributed by atoms with van der Waals surface area (Å²) in [5, 5.41) is 11.3. The van der Waals surface area contributed by atoms with Gasteiger partial charge in [0.1, 0.15) is 12.1 Å². The number of carboxylic acids is 1. The first-order chi connectivity index (χ1) is 13.4. The molecule has 1 amide bonds. The number of hydrogen-bond acceptors (Lipinski definition) is 3. The minimum absolute atomic E-state index is 0.316. The number of carboxylic acid groups (broad SMARTS) is 1. The van der Waals surface area contributed by atoms with Crippen molar-refractivity contribution in [1.29, 1.82) is 0 Å². The van der Waals surface area contributed by atoms with Crippen LogP contribution in [0.3, 0.4) is 0 Å². The molecule has 1 rings (SSSR count). The summed E-state index contributed by atoms with van der Waals surface area (Å²) >= 11 is 0. The van der Waals surface area contributed by atoms with E-state index in [4.69, 9.17) is 5.11 Å². The van der Waals surface area contributed by atoms with Gasteiger partial charge in [0, 0.05) is 5.71 Å². The number of carbonyl (C=O) groups excluding carboxylic acids is 1. The highest BCUT2D eigenvalue weighted by Gasteiger charge is 2.27. The van der Waals surface area contributed by atoms with Crippen molar-refractivity contribution in [1.82, 2.24) is 5.32 Å². The van der Waals surface area contributed by atoms with Gasteiger partial charge in [-0.25, -0.2) is 0 Å². The molecule has 29 heavy (non-hydrogen) atoms. The maximum absolute atomic E-state index is 12.0. The molecule has 5 heteroatoms. The lowest BCUT2D eigenvalue weighted by Crippen LogP contribution is -2.42. The van der Waals surface area contributed by atoms with Crippen molar-refractivity contribution in [2.45, 2.75) is 92.7 Å². The van der Waals surface area contributed by atoms with Crippen molar-refractivity contribution in [2.24, 2.45) is 10.4 Å². The fraction of sp³-hybridized carbons (Fsp3) is 0.625. The third-order valence-corrected chi connectivity index (χ3v) is 5.68. The van der Waals surface area contributed by atoms with E-state index in [1.54, 1.807) is 18.1 Å². The fourth-order valence-electron chi connectivity index (χ4n) is 3.79. The molecule has 0 fully saturated rings. The highest BCUT2D eigenvalue weighted by atomic mass is 16.4. The molecule has 1 aliphatic carbocycles. The van der Waals surface area contributed by atoms with Gasteiger partial charge in [-0.1, -0.05) is 42.7 Å². The summed E-state index contributed by atoms with van der Waals surface area (Å²) in [6.07, 6.45) is 11.9. The Bertz CT molecular complexity index is 726. The second-order valence-electron chi connectivity index (χ2n) is 8.88. The number of nitrogens with zero attached hydrogens (tertiary/aromatic N) is 1. The average molecular weight is 403 g/mol. The van der Waals surface area contributed by atoms with Crippen LogP contribution in [0.5, 0.6) is 0 Å². The van der Waals surface area contributed by atoms with Crippen molar-refractivity contribution in [3.63, 3.8) is 0 Å². The molecule has 1 aliphatic rings. The van der Waals surface area contributed by atoms with E-state index in [9.17, 15) is 9.59 Å². The Morgan fingerprint density at radius 2 is 1.93 bits per heavy atom. The molecule has 0 saturated heterocycles. The molecule has 0 saturated carbocycles. The van der Waals surface area contributed by atoms with Crippen LogP contribution in [0.15, 0.2) is 39.9 Å². The molecule has 0 aromatic heterocycles. The van der Waals surface area contributed by atoms with Crippen LogP contribution < -0.4 is 5.32 Å². The standard InChI is InChI=1S/C24H38N2O3/c1-16(13-14-21-17(2)11-9-15-24(21,6)7)10-8-12-18(3)25-19(4)22(27)26-20(5)23(28)29/h8,10,12,19-20H,9,11,13-15H2,1-7H3,(H,26,27)(H,28,29)/b12-8+,16-10+,25-18+/t19-,20-/m0/s1. The Balaban J connectivity index is 2.61. The topological polar surface area (TPSA) is 78.8 Å². The first-order valence-electron chi connectivity index (χ1n) is 10.5. The maximum atomic E-state index is 12.0. The summed E-state index contributed by atoms with van der Waals surface area (Å²) in [4.78, 5) is 27.1. The number of carbonyl (C=O) groups is 2. The highest BCUT2D eigenvalue weighted by Crippen LogP contribution is 2.42. The molecule has 5 nitrogen and oxygen atoms in total. The molecule has 0 spiro atoms. The van der Waals surface area contributed by atoms with Gasteiger partial charge in [0.05, 0.1) is 0 Å². The average Bonchev–Trinajstić information content (AvgIpc) is 2.60. The Kier molecular flexibility index (Phi) is 9.54. The molecule has 0 aromatic rings. The first kappa shape index (κ1) is 24.9. The Morgan fingerprint density at radius 1 is 1.28 bits per heavy atom. The van der Waals surface area contributed by atoms with Crippen LogP contribution in [0.2, 0.25) is 0 Å². The van der Waals surface area contributed by atoms with Crippen LogP contribution >= 0.6 is 0 Å². The second-order valence-corrected chi connectivity index (χ2v) is 8.88. The molecule has 0 bridgehead atoms. The Labute approximate surface area is 176 Å². The minimum Gasteiger partial charge on any atom is -0.480 e. The summed E-state index contributed by atoms with van der Waals surface area (Å²) in [5.74, 6) is -1.45. The minimum atomic E-state index is -1.06. The number of aliphatic imine (C=N–C) groups is 1. The molecular weight excluding hydrogens is 364 g/mol. The molecule has 2 atom stereocenters. The van der Waals surface area contributed by atoms with E-state index in [2.05, 4.69) is 44.1 Å². The zero-order chi connectivity index (χ0) is 22.2. The normalized spacial score (nSPS) is 20.0. The molecule has 0 radical (unpaired) electrons. The van der Waals surface area contributed by atoms with Crippen LogP contribution in [0.25, 0.3) is 0 Å². The van der Waals surface area contributed by atoms with E-state index in [1.807, 2.05) is 19.1 Å². The molecule has 0 heterocycles. The van der Waals surface area contributed by atoms with Crippen LogP contribution in [-0.2, 0) is 9.59 Å². The number of nitrogens with one attached hydrogen (secondary N) is 1. The first-order valence-corrected chi connectivity index (χ1v) is 10.5. The summed E-state index contributed by atoms with van der Waals surface area (Å²) in [6, 6.07) is -1.55. The van der Waals surface area contributed by atoms with Gasteiger partial charge >= 0.3 is 5.97 Å². The lowest BCUT2D eigenvalue weighted by atomic mass is 9.71. The summed E-state index contributed by atoms with van der Waals surface area (Å²) in [6.45, 7) is 14.1. The van der Waals surface area contributed by atoms with E-state index >= 15 is 0 Å². The maximum Gasteiger partial charge on any atom is 0.325 e. The van der Waals surface area contributed by atoms with Gasteiger partial charge in [-0.3, -0.25) is 14.6 Å². The van der Waals surface area contributed by atoms with Gasteiger partial charge in [0.15, 0.2) is 0 Å². The van der Waals surface area contributed by atoms with E-state index in [1.165, 1.54) is 31.8 Å². The summed E-state index contributed by atoms with van der Waals surface area (Å²) in [5.41, 5.74) is 5.55. The van der Waals surface area contributed by atoms with E-state index < -0.39 is 24.0 Å². The smallest absolute Gasteiger partial charge is 0.325 e. The quantitative estimate of drug-likeness (QED) is 0.315. The van der Waals surface area contributed by atoms with Crippen LogP contribution in [0.1, 0.15) is 80.6 Å². The molecular formula is C24H38N2O3. The molecule has 2 N–H and O–H groups in total. The van der Waals surface area contributed by atoms with Crippen LogP contribution in [0.4, 0.5) is 0 Å². The van der Waals surface area contributed by atoms with Crippen LogP contribution in [-0.4, -0.2) is 34.8 Å². The van der Waals surface area contributed by atoms with Gasteiger partial charge in [-0.15, -0.1) is 0 Å². The van der Waals surface area contributed by atoms with Crippen molar-refractivity contribution in [3.8, 4) is 0 Å². The van der Waals surface area contributed by atoms with E-state index in [0.717, 1.165) is 18.6 Å². The van der Waals surface area contributed by atoms with Crippen molar-refractivity contribution >= 4 is 17.6 Å². The molecule has 0 aromatic carbocycles. The third-order valence-electron chi connectivity index (χ3n) is 5.68. The van der Waals surface area contributed by atoms with Gasteiger partial charge in [-0.05, 0) is 78.2 Å². The largest absolute Gasteiger partial charge is 0.480 e. The molecule has 0 unspecified atom stereocenters. The van der Waals surface area contributed by atoms with Crippen molar-refractivity contribution in [2.75, 3.05) is 0 Å². The Morgan fingerprint density at radius 3 is 2.52 bits per heavy atom. The molecule has 162 valence electrons. The highest BCUT2D eigenvalue weighted by molar-refractivity contribution is 5.95. The Hall–Kier alpha value is -2.17. The lowest BCUT2D eigenvalue weighted by molar-refractivity contribution is -0.141. The second kappa shape index (κ2) is 11.1. The monoisotopic (exact) mass is 402 g/mol. The lowest BCUT2D eigenvalue weighted by Gasteiger charge is -2.34. The number of hydrogen-bond donors (Lipinski definition) is 2. The third kappa shape index (κ3) is 8.38.